The van der Waals surface area contributed by atoms with Gasteiger partial charge in [-0.2, -0.15) is 4.31 Å². The van der Waals surface area contributed by atoms with Gasteiger partial charge >= 0.3 is 0 Å². The zero-order valence-electron chi connectivity index (χ0n) is 17.1. The second-order valence-electron chi connectivity index (χ2n) is 7.39. The standard InChI is InChI=1S/C21H19FN4O5S/c1-14-12-17(16-7-6-15(22)13-18(16)23-14)21(27)24-8-10-25(11-9-24)32(30,31)20-5-3-2-4-19(20)26(28)29/h2-7,12-13H,8-11H2,1H3. The van der Waals surface area contributed by atoms with Crippen molar-refractivity contribution in [2.45, 2.75) is 11.8 Å². The summed E-state index contributed by atoms with van der Waals surface area (Å²) in [5.74, 6) is -0.766. The Morgan fingerprint density at radius 3 is 2.47 bits per heavy atom. The number of piperazine rings is 1. The molecule has 0 N–H and O–H groups in total. The molecule has 2 aromatic carbocycles. The molecule has 0 radical (unpaired) electrons. The Kier molecular flexibility index (Phi) is 5.61. The van der Waals surface area contributed by atoms with Crippen LogP contribution in [0.1, 0.15) is 16.1 Å². The number of amides is 1. The van der Waals surface area contributed by atoms with Crippen LogP contribution < -0.4 is 0 Å². The monoisotopic (exact) mass is 458 g/mol. The van der Waals surface area contributed by atoms with Crippen LogP contribution in [0.4, 0.5) is 10.1 Å². The van der Waals surface area contributed by atoms with E-state index in [2.05, 4.69) is 4.98 Å². The molecule has 1 aliphatic rings. The van der Waals surface area contributed by atoms with E-state index in [4.69, 9.17) is 0 Å². The van der Waals surface area contributed by atoms with Crippen molar-refractivity contribution in [3.63, 3.8) is 0 Å². The molecule has 0 unspecified atom stereocenters. The summed E-state index contributed by atoms with van der Waals surface area (Å²) in [7, 11) is -4.10. The quantitative estimate of drug-likeness (QED) is 0.439. The predicted molar refractivity (Wildman–Crippen MR) is 114 cm³/mol. The minimum atomic E-state index is -4.10. The third kappa shape index (κ3) is 3.92. The summed E-state index contributed by atoms with van der Waals surface area (Å²) in [6, 6.07) is 10.8. The number of carbonyl (C=O) groups is 1. The van der Waals surface area contributed by atoms with Gasteiger partial charge in [0.2, 0.25) is 10.0 Å². The van der Waals surface area contributed by atoms with Crippen molar-refractivity contribution in [1.29, 1.82) is 0 Å². The fraction of sp³-hybridized carbons (Fsp3) is 0.238. The van der Waals surface area contributed by atoms with Crippen molar-refractivity contribution in [3.05, 3.63) is 75.7 Å². The van der Waals surface area contributed by atoms with Crippen LogP contribution in [0.5, 0.6) is 0 Å². The number of nitro benzene ring substituents is 1. The van der Waals surface area contributed by atoms with Crippen molar-refractivity contribution >= 4 is 32.5 Å². The highest BCUT2D eigenvalue weighted by Crippen LogP contribution is 2.27. The Bertz CT molecular complexity index is 1330. The number of carbonyl (C=O) groups excluding carboxylic acids is 1. The number of pyridine rings is 1. The molecule has 3 aromatic rings. The average molecular weight is 458 g/mol. The van der Waals surface area contributed by atoms with E-state index >= 15 is 0 Å². The van der Waals surface area contributed by atoms with Crippen molar-refractivity contribution in [2.24, 2.45) is 0 Å². The molecule has 0 bridgehead atoms. The van der Waals surface area contributed by atoms with Gasteiger partial charge in [-0.3, -0.25) is 19.9 Å². The van der Waals surface area contributed by atoms with Crippen molar-refractivity contribution in [3.8, 4) is 0 Å². The lowest BCUT2D eigenvalue weighted by atomic mass is 10.1. The summed E-state index contributed by atoms with van der Waals surface area (Å²) < 4.78 is 40.7. The largest absolute Gasteiger partial charge is 0.336 e. The number of aromatic nitrogens is 1. The minimum absolute atomic E-state index is 0.00323. The third-order valence-corrected chi connectivity index (χ3v) is 7.28. The molecule has 9 nitrogen and oxygen atoms in total. The van der Waals surface area contributed by atoms with Crippen LogP contribution in [0.3, 0.4) is 0 Å². The number of rotatable bonds is 4. The normalized spacial score (nSPS) is 15.1. The molecule has 1 fully saturated rings. The number of aryl methyl sites for hydroxylation is 1. The van der Waals surface area contributed by atoms with Gasteiger partial charge in [0.15, 0.2) is 4.90 Å². The number of nitrogens with zero attached hydrogens (tertiary/aromatic N) is 4. The van der Waals surface area contributed by atoms with Gasteiger partial charge in [-0.05, 0) is 31.2 Å². The summed E-state index contributed by atoms with van der Waals surface area (Å²) >= 11 is 0. The lowest BCUT2D eigenvalue weighted by Crippen LogP contribution is -2.50. The number of fused-ring (bicyclic) bond motifs is 1. The highest BCUT2D eigenvalue weighted by atomic mass is 32.2. The molecule has 1 amide bonds. The second kappa shape index (κ2) is 8.24. The SMILES string of the molecule is Cc1cc(C(=O)N2CCN(S(=O)(=O)c3ccccc3[N+](=O)[O-])CC2)c2ccc(F)cc2n1. The van der Waals surface area contributed by atoms with Crippen LogP contribution in [0.2, 0.25) is 0 Å². The molecule has 4 rings (SSSR count). The fourth-order valence-corrected chi connectivity index (χ4v) is 5.36. The Morgan fingerprint density at radius 1 is 1.09 bits per heavy atom. The molecule has 1 aliphatic heterocycles. The number of sulfonamides is 1. The number of para-hydroxylation sites is 1. The first-order valence-electron chi connectivity index (χ1n) is 9.78. The maximum atomic E-state index is 13.6. The van der Waals surface area contributed by atoms with E-state index in [1.165, 1.54) is 41.3 Å². The predicted octanol–water partition coefficient (Wildman–Crippen LogP) is 2.74. The first kappa shape index (κ1) is 21.8. The van der Waals surface area contributed by atoms with Crippen LogP contribution in [0.25, 0.3) is 10.9 Å². The van der Waals surface area contributed by atoms with E-state index in [9.17, 15) is 27.7 Å². The van der Waals surface area contributed by atoms with Gasteiger partial charge in [0.25, 0.3) is 11.6 Å². The molecule has 11 heteroatoms. The molecule has 1 aromatic heterocycles. The zero-order chi connectivity index (χ0) is 23.0. The molecular formula is C21H19FN4O5S. The summed E-state index contributed by atoms with van der Waals surface area (Å²) in [6.07, 6.45) is 0. The van der Waals surface area contributed by atoms with Crippen LogP contribution in [-0.4, -0.2) is 59.6 Å². The number of benzene rings is 2. The third-order valence-electron chi connectivity index (χ3n) is 5.34. The Hall–Kier alpha value is -3.44. The molecule has 0 atom stereocenters. The molecule has 32 heavy (non-hydrogen) atoms. The lowest BCUT2D eigenvalue weighted by Gasteiger charge is -2.34. The second-order valence-corrected chi connectivity index (χ2v) is 9.30. The maximum Gasteiger partial charge on any atom is 0.289 e. The number of nitro groups is 1. The summed E-state index contributed by atoms with van der Waals surface area (Å²) in [5.41, 5.74) is 0.800. The molecular weight excluding hydrogens is 439 g/mol. The fourth-order valence-electron chi connectivity index (χ4n) is 3.78. The van der Waals surface area contributed by atoms with E-state index < -0.39 is 26.5 Å². The van der Waals surface area contributed by atoms with Crippen molar-refractivity contribution in [2.75, 3.05) is 26.2 Å². The van der Waals surface area contributed by atoms with Gasteiger partial charge in [0.1, 0.15) is 5.82 Å². The van der Waals surface area contributed by atoms with E-state index in [0.29, 0.717) is 22.2 Å². The van der Waals surface area contributed by atoms with Crippen molar-refractivity contribution in [1.82, 2.24) is 14.2 Å². The van der Waals surface area contributed by atoms with E-state index in [1.807, 2.05) is 0 Å². The number of hydrogen-bond acceptors (Lipinski definition) is 6. The number of halogens is 1. The first-order valence-corrected chi connectivity index (χ1v) is 11.2. The van der Waals surface area contributed by atoms with Crippen LogP contribution in [0, 0.1) is 22.9 Å². The Labute approximate surface area is 183 Å². The first-order chi connectivity index (χ1) is 15.2. The van der Waals surface area contributed by atoms with Gasteiger partial charge in [-0.15, -0.1) is 0 Å². The van der Waals surface area contributed by atoms with Gasteiger partial charge in [-0.25, -0.2) is 12.8 Å². The lowest BCUT2D eigenvalue weighted by molar-refractivity contribution is -0.387. The molecule has 0 aliphatic carbocycles. The summed E-state index contributed by atoms with van der Waals surface area (Å²) in [5, 5.41) is 11.8. The topological polar surface area (TPSA) is 114 Å². The average Bonchev–Trinajstić information content (AvgIpc) is 2.77. The highest BCUT2D eigenvalue weighted by molar-refractivity contribution is 7.89. The molecule has 2 heterocycles. The van der Waals surface area contributed by atoms with Gasteiger partial charge in [-0.1, -0.05) is 12.1 Å². The molecule has 1 saturated heterocycles. The Morgan fingerprint density at radius 2 is 1.78 bits per heavy atom. The smallest absolute Gasteiger partial charge is 0.289 e. The van der Waals surface area contributed by atoms with Gasteiger partial charge in [0.05, 0.1) is 16.0 Å². The van der Waals surface area contributed by atoms with Gasteiger partial charge < -0.3 is 4.90 Å². The number of hydrogen-bond donors (Lipinski definition) is 0. The molecule has 166 valence electrons. The van der Waals surface area contributed by atoms with E-state index in [0.717, 1.165) is 10.4 Å². The highest BCUT2D eigenvalue weighted by Gasteiger charge is 2.34. The summed E-state index contributed by atoms with van der Waals surface area (Å²) in [4.78, 5) is 29.1. The van der Waals surface area contributed by atoms with Crippen molar-refractivity contribution < 1.29 is 22.5 Å². The van der Waals surface area contributed by atoms with E-state index in [1.54, 1.807) is 13.0 Å². The van der Waals surface area contributed by atoms with Gasteiger partial charge in [0, 0.05) is 49.4 Å². The Balaban J connectivity index is 1.57. The summed E-state index contributed by atoms with van der Waals surface area (Å²) in [6.45, 7) is 1.93. The van der Waals surface area contributed by atoms with Crippen LogP contribution in [0.15, 0.2) is 53.4 Å². The zero-order valence-corrected chi connectivity index (χ0v) is 17.9. The van der Waals surface area contributed by atoms with Crippen LogP contribution in [-0.2, 0) is 10.0 Å². The van der Waals surface area contributed by atoms with Crippen LogP contribution >= 0.6 is 0 Å². The van der Waals surface area contributed by atoms with E-state index in [-0.39, 0.29) is 37.0 Å². The maximum absolute atomic E-state index is 13.6. The molecule has 0 saturated carbocycles. The minimum Gasteiger partial charge on any atom is -0.336 e. The molecule has 0 spiro atoms.